The van der Waals surface area contributed by atoms with Gasteiger partial charge in [0.05, 0.1) is 11.1 Å². The molecule has 0 fully saturated rings. The summed E-state index contributed by atoms with van der Waals surface area (Å²) in [5, 5.41) is 15.0. The van der Waals surface area contributed by atoms with Gasteiger partial charge in [-0.05, 0) is 30.7 Å². The second-order valence-electron chi connectivity index (χ2n) is 6.27. The van der Waals surface area contributed by atoms with Crippen LogP contribution in [0.1, 0.15) is 27.0 Å². The van der Waals surface area contributed by atoms with Crippen LogP contribution in [0, 0.1) is 17.0 Å². The molecule has 146 valence electrons. The van der Waals surface area contributed by atoms with Gasteiger partial charge in [0.2, 0.25) is 0 Å². The van der Waals surface area contributed by atoms with Gasteiger partial charge in [-0.3, -0.25) is 14.9 Å². The number of ether oxygens (including phenoxy) is 1. The Morgan fingerprint density at radius 2 is 1.83 bits per heavy atom. The van der Waals surface area contributed by atoms with Gasteiger partial charge >= 0.3 is 0 Å². The molecule has 7 heteroatoms. The molecule has 0 aliphatic rings. The molecule has 0 aliphatic carbocycles. The quantitative estimate of drug-likeness (QED) is 0.371. The van der Waals surface area contributed by atoms with Gasteiger partial charge in [0, 0.05) is 22.8 Å². The summed E-state index contributed by atoms with van der Waals surface area (Å²) < 4.78 is 5.84. The number of nitrogens with one attached hydrogen (secondary N) is 1. The average molecular weight is 389 g/mol. The van der Waals surface area contributed by atoms with E-state index in [2.05, 4.69) is 10.5 Å². The summed E-state index contributed by atoms with van der Waals surface area (Å²) in [6, 6.07) is 21.4. The number of nitro benzene ring substituents is 1. The molecule has 0 aliphatic heterocycles. The van der Waals surface area contributed by atoms with Crippen LogP contribution in [0.25, 0.3) is 0 Å². The molecular weight excluding hydrogens is 370 g/mol. The van der Waals surface area contributed by atoms with Crippen molar-refractivity contribution in [1.29, 1.82) is 0 Å². The number of hydrogen-bond donors (Lipinski definition) is 1. The molecule has 0 spiro atoms. The first-order valence-electron chi connectivity index (χ1n) is 8.89. The van der Waals surface area contributed by atoms with Crippen molar-refractivity contribution in [2.24, 2.45) is 5.10 Å². The second kappa shape index (κ2) is 9.27. The summed E-state index contributed by atoms with van der Waals surface area (Å²) in [4.78, 5) is 22.7. The maximum atomic E-state index is 12.2. The largest absolute Gasteiger partial charge is 0.488 e. The van der Waals surface area contributed by atoms with E-state index in [1.807, 2.05) is 54.6 Å². The van der Waals surface area contributed by atoms with Gasteiger partial charge in [-0.2, -0.15) is 5.10 Å². The van der Waals surface area contributed by atoms with Crippen molar-refractivity contribution in [3.05, 3.63) is 105 Å². The van der Waals surface area contributed by atoms with Crippen molar-refractivity contribution in [3.8, 4) is 5.75 Å². The smallest absolute Gasteiger partial charge is 0.273 e. The minimum Gasteiger partial charge on any atom is -0.488 e. The molecule has 1 N–H and O–H groups in total. The predicted octanol–water partition coefficient (Wildman–Crippen LogP) is 4.25. The van der Waals surface area contributed by atoms with E-state index in [-0.39, 0.29) is 11.3 Å². The van der Waals surface area contributed by atoms with Crippen LogP contribution in [0.4, 0.5) is 5.69 Å². The number of rotatable bonds is 7. The number of carbonyl (C=O) groups is 1. The third kappa shape index (κ3) is 5.26. The summed E-state index contributed by atoms with van der Waals surface area (Å²) in [5.74, 6) is 0.0901. The molecule has 1 amide bonds. The van der Waals surface area contributed by atoms with Crippen molar-refractivity contribution < 1.29 is 14.5 Å². The molecule has 0 atom stereocenters. The SMILES string of the molecule is Cc1ccc(C(=O)N/N=C\c2ccccc2OCc2ccccc2)cc1[N+](=O)[O-]. The Balaban J connectivity index is 1.67. The van der Waals surface area contributed by atoms with E-state index in [0.29, 0.717) is 23.5 Å². The van der Waals surface area contributed by atoms with Gasteiger partial charge in [-0.25, -0.2) is 5.43 Å². The van der Waals surface area contributed by atoms with Crippen LogP contribution in [0.15, 0.2) is 77.9 Å². The highest BCUT2D eigenvalue weighted by Gasteiger charge is 2.14. The van der Waals surface area contributed by atoms with Gasteiger partial charge in [0.1, 0.15) is 12.4 Å². The summed E-state index contributed by atoms with van der Waals surface area (Å²) in [6.45, 7) is 2.02. The number of hydrazone groups is 1. The lowest BCUT2D eigenvalue weighted by atomic mass is 10.1. The Morgan fingerprint density at radius 1 is 1.10 bits per heavy atom. The number of benzene rings is 3. The first-order chi connectivity index (χ1) is 14.0. The normalized spacial score (nSPS) is 10.7. The average Bonchev–Trinajstić information content (AvgIpc) is 2.73. The van der Waals surface area contributed by atoms with Crippen LogP contribution in [0.3, 0.4) is 0 Å². The molecule has 3 aromatic rings. The minimum atomic E-state index is -0.535. The van der Waals surface area contributed by atoms with Crippen molar-refractivity contribution >= 4 is 17.8 Å². The number of aryl methyl sites for hydroxylation is 1. The van der Waals surface area contributed by atoms with E-state index in [1.54, 1.807) is 6.92 Å². The summed E-state index contributed by atoms with van der Waals surface area (Å²) in [5.41, 5.74) is 4.65. The topological polar surface area (TPSA) is 93.8 Å². The molecule has 29 heavy (non-hydrogen) atoms. The summed E-state index contributed by atoms with van der Waals surface area (Å²) in [6.07, 6.45) is 1.47. The Labute approximate surface area is 167 Å². The summed E-state index contributed by atoms with van der Waals surface area (Å²) in [7, 11) is 0. The van der Waals surface area contributed by atoms with E-state index < -0.39 is 10.8 Å². The zero-order valence-corrected chi connectivity index (χ0v) is 15.7. The monoisotopic (exact) mass is 389 g/mol. The molecule has 0 radical (unpaired) electrons. The molecule has 0 aromatic heterocycles. The zero-order valence-electron chi connectivity index (χ0n) is 15.7. The first-order valence-corrected chi connectivity index (χ1v) is 8.89. The number of nitrogens with zero attached hydrogens (tertiary/aromatic N) is 2. The lowest BCUT2D eigenvalue weighted by Gasteiger charge is -2.09. The molecule has 3 aromatic carbocycles. The molecule has 0 heterocycles. The fourth-order valence-corrected chi connectivity index (χ4v) is 2.63. The molecule has 7 nitrogen and oxygen atoms in total. The number of nitro groups is 1. The fourth-order valence-electron chi connectivity index (χ4n) is 2.63. The first kappa shape index (κ1) is 19.8. The van der Waals surface area contributed by atoms with Crippen molar-refractivity contribution in [1.82, 2.24) is 5.43 Å². The highest BCUT2D eigenvalue weighted by Crippen LogP contribution is 2.20. The fraction of sp³-hybridized carbons (Fsp3) is 0.0909. The maximum absolute atomic E-state index is 12.2. The molecule has 3 rings (SSSR count). The van der Waals surface area contributed by atoms with E-state index >= 15 is 0 Å². The molecule has 0 saturated heterocycles. The van der Waals surface area contributed by atoms with Crippen LogP contribution in [0.2, 0.25) is 0 Å². The third-order valence-electron chi connectivity index (χ3n) is 4.19. The van der Waals surface area contributed by atoms with Crippen molar-refractivity contribution in [2.75, 3.05) is 0 Å². The third-order valence-corrected chi connectivity index (χ3v) is 4.19. The Bertz CT molecular complexity index is 1050. The lowest BCUT2D eigenvalue weighted by molar-refractivity contribution is -0.385. The Hall–Kier alpha value is -4.00. The van der Waals surface area contributed by atoms with E-state index in [0.717, 1.165) is 5.56 Å². The van der Waals surface area contributed by atoms with Gasteiger partial charge in [0.15, 0.2) is 0 Å². The molecule has 0 unspecified atom stereocenters. The lowest BCUT2D eigenvalue weighted by Crippen LogP contribution is -2.18. The van der Waals surface area contributed by atoms with Gasteiger partial charge in [-0.1, -0.05) is 48.5 Å². The Morgan fingerprint density at radius 3 is 2.59 bits per heavy atom. The van der Waals surface area contributed by atoms with E-state index in [9.17, 15) is 14.9 Å². The van der Waals surface area contributed by atoms with Crippen LogP contribution < -0.4 is 10.2 Å². The van der Waals surface area contributed by atoms with Crippen LogP contribution in [-0.2, 0) is 6.61 Å². The van der Waals surface area contributed by atoms with Gasteiger partial charge in [-0.15, -0.1) is 0 Å². The number of para-hydroxylation sites is 1. The minimum absolute atomic E-state index is 0.110. The number of hydrogen-bond acceptors (Lipinski definition) is 5. The van der Waals surface area contributed by atoms with E-state index in [1.165, 1.54) is 24.4 Å². The standard InChI is InChI=1S/C22H19N3O4/c1-16-11-12-18(13-20(16)25(27)28)22(26)24-23-14-19-9-5-6-10-21(19)29-15-17-7-3-2-4-8-17/h2-14H,15H2,1H3,(H,24,26)/b23-14-. The predicted molar refractivity (Wildman–Crippen MR) is 110 cm³/mol. The van der Waals surface area contributed by atoms with Crippen LogP contribution in [0.5, 0.6) is 5.75 Å². The summed E-state index contributed by atoms with van der Waals surface area (Å²) >= 11 is 0. The Kier molecular flexibility index (Phi) is 6.32. The number of carbonyl (C=O) groups excluding carboxylic acids is 1. The highest BCUT2D eigenvalue weighted by atomic mass is 16.6. The van der Waals surface area contributed by atoms with Crippen LogP contribution >= 0.6 is 0 Å². The molecular formula is C22H19N3O4. The highest BCUT2D eigenvalue weighted by molar-refractivity contribution is 5.95. The molecule has 0 bridgehead atoms. The van der Waals surface area contributed by atoms with E-state index in [4.69, 9.17) is 4.74 Å². The van der Waals surface area contributed by atoms with Crippen molar-refractivity contribution in [3.63, 3.8) is 0 Å². The number of amides is 1. The van der Waals surface area contributed by atoms with Crippen molar-refractivity contribution in [2.45, 2.75) is 13.5 Å². The zero-order chi connectivity index (χ0) is 20.6. The van der Waals surface area contributed by atoms with Gasteiger partial charge in [0.25, 0.3) is 11.6 Å². The molecule has 0 saturated carbocycles. The second-order valence-corrected chi connectivity index (χ2v) is 6.27. The van der Waals surface area contributed by atoms with Gasteiger partial charge < -0.3 is 4.74 Å². The van der Waals surface area contributed by atoms with Crippen LogP contribution in [-0.4, -0.2) is 17.0 Å². The maximum Gasteiger partial charge on any atom is 0.273 e.